The fourth-order valence-corrected chi connectivity index (χ4v) is 2.10. The zero-order valence-electron chi connectivity index (χ0n) is 21.4. The van der Waals surface area contributed by atoms with Crippen LogP contribution < -0.4 is 0 Å². The van der Waals surface area contributed by atoms with Gasteiger partial charge in [0.15, 0.2) is 0 Å². The topological polar surface area (TPSA) is 66.8 Å². The van der Waals surface area contributed by atoms with E-state index < -0.39 is 25.2 Å². The molecule has 0 fully saturated rings. The molecule has 0 aromatic carbocycles. The van der Waals surface area contributed by atoms with Crippen molar-refractivity contribution in [2.45, 2.75) is 77.2 Å². The van der Waals surface area contributed by atoms with Crippen LogP contribution in [0.15, 0.2) is 48.6 Å². The lowest BCUT2D eigenvalue weighted by Crippen LogP contribution is -2.21. The van der Waals surface area contributed by atoms with Crippen molar-refractivity contribution in [2.24, 2.45) is 0 Å². The Morgan fingerprint density at radius 3 is 2.00 bits per heavy atom. The zero-order chi connectivity index (χ0) is 24.5. The summed E-state index contributed by atoms with van der Waals surface area (Å²) in [6.07, 6.45) is 21.3. The molecule has 0 aliphatic heterocycles. The molecule has 2 N–H and O–H groups in total. The first kappa shape index (κ1) is 17.4. The summed E-state index contributed by atoms with van der Waals surface area (Å²) < 4.78 is 40.2. The van der Waals surface area contributed by atoms with Crippen LogP contribution in [-0.4, -0.2) is 35.4 Å². The van der Waals surface area contributed by atoms with Crippen molar-refractivity contribution in [3.05, 3.63) is 48.6 Å². The van der Waals surface area contributed by atoms with E-state index in [2.05, 4.69) is 42.0 Å². The SMILES string of the molecule is [2H]C([2H])(O)C([2H])(O)C([2H])([2H])OC(=O)CCCC=CCC=CCC=CCC=CCCCCC. The Kier molecular flexibility index (Phi) is 13.4. The maximum Gasteiger partial charge on any atom is 0.305 e. The smallest absolute Gasteiger partial charge is 0.305 e. The highest BCUT2D eigenvalue weighted by Gasteiger charge is 2.06. The summed E-state index contributed by atoms with van der Waals surface area (Å²) in [6, 6.07) is 0. The summed E-state index contributed by atoms with van der Waals surface area (Å²) in [6.45, 7) is -4.80. The third-order valence-corrected chi connectivity index (χ3v) is 3.58. The largest absolute Gasteiger partial charge is 0.463 e. The van der Waals surface area contributed by atoms with Crippen molar-refractivity contribution in [1.82, 2.24) is 0 Å². The molecule has 0 aromatic heterocycles. The summed E-state index contributed by atoms with van der Waals surface area (Å²) in [4.78, 5) is 11.7. The van der Waals surface area contributed by atoms with Crippen molar-refractivity contribution < 1.29 is 26.6 Å². The lowest BCUT2D eigenvalue weighted by molar-refractivity contribution is -0.147. The maximum absolute atomic E-state index is 11.7. The van der Waals surface area contributed by atoms with Crippen LogP contribution in [0.4, 0.5) is 0 Å². The molecule has 0 saturated carbocycles. The van der Waals surface area contributed by atoms with E-state index in [1.807, 2.05) is 18.2 Å². The predicted octanol–water partition coefficient (Wildman–Crippen LogP) is 5.03. The fourth-order valence-electron chi connectivity index (χ4n) is 2.10. The number of aliphatic hydroxyl groups is 2. The molecule has 1 atom stereocenters. The summed E-state index contributed by atoms with van der Waals surface area (Å²) in [5.41, 5.74) is 0. The number of carbonyl (C=O) groups is 1. The number of carbonyl (C=O) groups excluding carboxylic acids is 1. The summed E-state index contributed by atoms with van der Waals surface area (Å²) >= 11 is 0. The van der Waals surface area contributed by atoms with Gasteiger partial charge in [-0.2, -0.15) is 0 Å². The zero-order valence-corrected chi connectivity index (χ0v) is 16.4. The van der Waals surface area contributed by atoms with Crippen LogP contribution >= 0.6 is 0 Å². The number of unbranched alkanes of at least 4 members (excludes halogenated alkanes) is 4. The molecule has 0 aliphatic rings. The normalized spacial score (nSPS) is 18.4. The van der Waals surface area contributed by atoms with Gasteiger partial charge in [-0.15, -0.1) is 0 Å². The first-order valence-corrected chi connectivity index (χ1v) is 9.72. The van der Waals surface area contributed by atoms with Gasteiger partial charge in [0.05, 0.1) is 13.4 Å². The van der Waals surface area contributed by atoms with E-state index in [4.69, 9.17) is 12.0 Å². The average molecular weight is 384 g/mol. The number of hydrogen-bond donors (Lipinski definition) is 2. The molecule has 0 spiro atoms. The second kappa shape index (κ2) is 20.7. The lowest BCUT2D eigenvalue weighted by atomic mass is 10.2. The number of allylic oxidation sites excluding steroid dienone is 8. The summed E-state index contributed by atoms with van der Waals surface area (Å²) in [5, 5.41) is 18.6. The third kappa shape index (κ3) is 20.5. The third-order valence-electron chi connectivity index (χ3n) is 3.58. The van der Waals surface area contributed by atoms with E-state index in [0.29, 0.717) is 12.8 Å². The van der Waals surface area contributed by atoms with Gasteiger partial charge in [-0.05, 0) is 44.9 Å². The first-order valence-electron chi connectivity index (χ1n) is 12.2. The van der Waals surface area contributed by atoms with E-state index in [1.54, 1.807) is 0 Å². The second-order valence-corrected chi connectivity index (χ2v) is 6.02. The molecule has 0 heterocycles. The Morgan fingerprint density at radius 2 is 1.48 bits per heavy atom. The standard InChI is InChI=1S/C23H38O4/c1-2-3-4-5-6-7-8-9-10-11-12-13-14-15-16-17-18-19-23(26)27-21-22(25)20-24/h6-7,9-10,12-13,15-16,22,24-25H,2-5,8,11,14,17-21H2,1H3/i20D2,21D2,22D. The van der Waals surface area contributed by atoms with Crippen LogP contribution in [0.25, 0.3) is 0 Å². The average Bonchev–Trinajstić information content (AvgIpc) is 2.69. The highest BCUT2D eigenvalue weighted by atomic mass is 16.5. The van der Waals surface area contributed by atoms with E-state index >= 15 is 0 Å². The minimum Gasteiger partial charge on any atom is -0.463 e. The molecule has 0 amide bonds. The number of esters is 1. The molecule has 0 radical (unpaired) electrons. The molecule has 0 aliphatic carbocycles. The molecular formula is C23H38O4. The quantitative estimate of drug-likeness (QED) is 0.210. The van der Waals surface area contributed by atoms with Gasteiger partial charge >= 0.3 is 5.97 Å². The van der Waals surface area contributed by atoms with Gasteiger partial charge in [0.25, 0.3) is 0 Å². The van der Waals surface area contributed by atoms with Crippen LogP contribution in [0.1, 0.15) is 78.0 Å². The van der Waals surface area contributed by atoms with Crippen molar-refractivity contribution in [2.75, 3.05) is 13.1 Å². The molecule has 4 nitrogen and oxygen atoms in total. The van der Waals surface area contributed by atoms with Crippen molar-refractivity contribution in [3.8, 4) is 0 Å². The second-order valence-electron chi connectivity index (χ2n) is 6.02. The van der Waals surface area contributed by atoms with E-state index in [0.717, 1.165) is 25.7 Å². The van der Waals surface area contributed by atoms with Gasteiger partial charge in [0, 0.05) is 6.42 Å². The Hall–Kier alpha value is -1.65. The van der Waals surface area contributed by atoms with Gasteiger partial charge in [-0.1, -0.05) is 68.4 Å². The molecule has 0 saturated heterocycles. The highest BCUT2D eigenvalue weighted by molar-refractivity contribution is 5.69. The van der Waals surface area contributed by atoms with Crippen LogP contribution in [-0.2, 0) is 9.53 Å². The molecule has 0 aromatic rings. The minimum atomic E-state index is -3.65. The van der Waals surface area contributed by atoms with Crippen molar-refractivity contribution in [3.63, 3.8) is 0 Å². The first-order chi connectivity index (χ1) is 15.0. The molecule has 154 valence electrons. The lowest BCUT2D eigenvalue weighted by Gasteiger charge is -2.07. The van der Waals surface area contributed by atoms with Crippen LogP contribution in [0, 0.1) is 0 Å². The number of ether oxygens (including phenoxy) is 1. The maximum atomic E-state index is 11.7. The number of rotatable bonds is 17. The molecule has 1 unspecified atom stereocenters. The Labute approximate surface area is 172 Å². The molecule has 0 bridgehead atoms. The highest BCUT2D eigenvalue weighted by Crippen LogP contribution is 2.02. The molecule has 0 rings (SSSR count). The van der Waals surface area contributed by atoms with E-state index in [1.165, 1.54) is 19.3 Å². The minimum absolute atomic E-state index is 0.165. The Morgan fingerprint density at radius 1 is 0.963 bits per heavy atom. The van der Waals surface area contributed by atoms with Crippen molar-refractivity contribution >= 4 is 5.97 Å². The van der Waals surface area contributed by atoms with Crippen LogP contribution in [0.2, 0.25) is 0 Å². The molecule has 27 heavy (non-hydrogen) atoms. The summed E-state index contributed by atoms with van der Waals surface area (Å²) in [7, 11) is 0. The Bertz CT molecular complexity index is 635. The predicted molar refractivity (Wildman–Crippen MR) is 112 cm³/mol. The fraction of sp³-hybridized carbons (Fsp3) is 0.609. The van der Waals surface area contributed by atoms with Gasteiger partial charge in [0.1, 0.15) is 12.6 Å². The van der Waals surface area contributed by atoms with Gasteiger partial charge in [-0.25, -0.2) is 0 Å². The van der Waals surface area contributed by atoms with Gasteiger partial charge in [0.2, 0.25) is 0 Å². The number of hydrogen-bond acceptors (Lipinski definition) is 4. The van der Waals surface area contributed by atoms with Crippen LogP contribution in [0.3, 0.4) is 0 Å². The monoisotopic (exact) mass is 383 g/mol. The van der Waals surface area contributed by atoms with Crippen molar-refractivity contribution in [1.29, 1.82) is 0 Å². The molecular weight excluding hydrogens is 340 g/mol. The van der Waals surface area contributed by atoms with Gasteiger partial charge < -0.3 is 14.9 Å². The molecule has 4 heteroatoms. The van der Waals surface area contributed by atoms with E-state index in [-0.39, 0.29) is 6.42 Å². The summed E-state index contributed by atoms with van der Waals surface area (Å²) in [5.74, 6) is -1.03. The Balaban J connectivity index is 3.94. The van der Waals surface area contributed by atoms with Crippen LogP contribution in [0.5, 0.6) is 0 Å². The van der Waals surface area contributed by atoms with Gasteiger partial charge in [-0.3, -0.25) is 4.79 Å². The van der Waals surface area contributed by atoms with E-state index in [9.17, 15) is 9.90 Å².